The lowest BCUT2D eigenvalue weighted by molar-refractivity contribution is -0.111. The van der Waals surface area contributed by atoms with Gasteiger partial charge in [0.15, 0.2) is 11.6 Å². The van der Waals surface area contributed by atoms with E-state index in [0.29, 0.717) is 28.0 Å². The van der Waals surface area contributed by atoms with Crippen LogP contribution in [-0.2, 0) is 16.2 Å². The Hall–Kier alpha value is -4.02. The Kier molecular flexibility index (Phi) is 5.24. The number of anilines is 6. The van der Waals surface area contributed by atoms with Crippen molar-refractivity contribution in [3.8, 4) is 0 Å². The molecular formula is C20H17FN6O3. The van der Waals surface area contributed by atoms with Crippen LogP contribution in [0.3, 0.4) is 0 Å². The van der Waals surface area contributed by atoms with Crippen molar-refractivity contribution in [1.82, 2.24) is 9.97 Å². The molecule has 0 bridgehead atoms. The van der Waals surface area contributed by atoms with E-state index in [0.717, 1.165) is 11.8 Å². The molecule has 0 unspecified atom stereocenters. The van der Waals surface area contributed by atoms with Crippen LogP contribution in [0.2, 0.25) is 0 Å². The van der Waals surface area contributed by atoms with Crippen molar-refractivity contribution in [3.05, 3.63) is 72.7 Å². The summed E-state index contributed by atoms with van der Waals surface area (Å²) in [5, 5.41) is 18.8. The minimum Gasteiger partial charge on any atom is -0.338 e. The first kappa shape index (κ1) is 19.3. The number of fused-ring (bicyclic) bond motifs is 1. The summed E-state index contributed by atoms with van der Waals surface area (Å²) in [5.41, 5.74) is 2.93. The number of hydrogen-bond acceptors (Lipinski definition) is 8. The first-order valence-corrected chi connectivity index (χ1v) is 8.87. The molecule has 10 heteroatoms. The highest BCUT2D eigenvalue weighted by Crippen LogP contribution is 2.31. The summed E-state index contributed by atoms with van der Waals surface area (Å²) in [5.74, 6) is -0.880. The SMILES string of the molecule is C=CC(=O)Nc1cccc(Nc2ncc(F)c(Nc3ccc4c(c3)N(O)OC4)n2)c1. The predicted octanol–water partition coefficient (Wildman–Crippen LogP) is 3.87. The number of benzene rings is 2. The number of carbonyl (C=O) groups is 1. The van der Waals surface area contributed by atoms with Crippen molar-refractivity contribution in [1.29, 1.82) is 0 Å². The van der Waals surface area contributed by atoms with Gasteiger partial charge in [0.05, 0.1) is 6.20 Å². The highest BCUT2D eigenvalue weighted by Gasteiger charge is 2.19. The summed E-state index contributed by atoms with van der Waals surface area (Å²) in [4.78, 5) is 24.6. The summed E-state index contributed by atoms with van der Waals surface area (Å²) in [6.07, 6.45) is 2.21. The minimum absolute atomic E-state index is 0.0491. The number of carbonyl (C=O) groups excluding carboxylic acids is 1. The van der Waals surface area contributed by atoms with E-state index in [1.54, 1.807) is 42.5 Å². The van der Waals surface area contributed by atoms with Crippen LogP contribution in [-0.4, -0.2) is 21.1 Å². The molecule has 0 fully saturated rings. The maximum absolute atomic E-state index is 14.2. The molecule has 1 aromatic heterocycles. The zero-order valence-electron chi connectivity index (χ0n) is 15.6. The summed E-state index contributed by atoms with van der Waals surface area (Å²) >= 11 is 0. The number of halogens is 1. The van der Waals surface area contributed by atoms with E-state index in [9.17, 15) is 14.4 Å². The van der Waals surface area contributed by atoms with E-state index >= 15 is 0 Å². The van der Waals surface area contributed by atoms with Crippen molar-refractivity contribution in [2.24, 2.45) is 0 Å². The summed E-state index contributed by atoms with van der Waals surface area (Å²) in [6.45, 7) is 3.67. The minimum atomic E-state index is -0.648. The zero-order chi connectivity index (χ0) is 21.1. The Balaban J connectivity index is 1.53. The smallest absolute Gasteiger partial charge is 0.247 e. The van der Waals surface area contributed by atoms with Crippen molar-refractivity contribution in [2.45, 2.75) is 6.61 Å². The number of aromatic nitrogens is 2. The van der Waals surface area contributed by atoms with Gasteiger partial charge >= 0.3 is 0 Å². The third-order valence-electron chi connectivity index (χ3n) is 4.21. The fourth-order valence-electron chi connectivity index (χ4n) is 2.79. The molecule has 0 spiro atoms. The van der Waals surface area contributed by atoms with Crippen LogP contribution in [0.1, 0.15) is 5.56 Å². The second-order valence-electron chi connectivity index (χ2n) is 6.30. The van der Waals surface area contributed by atoms with E-state index in [1.165, 1.54) is 6.08 Å². The number of rotatable bonds is 6. The Morgan fingerprint density at radius 2 is 2.00 bits per heavy atom. The third-order valence-corrected chi connectivity index (χ3v) is 4.21. The molecular weight excluding hydrogens is 391 g/mol. The molecule has 1 aliphatic rings. The van der Waals surface area contributed by atoms with Crippen LogP contribution in [0.25, 0.3) is 0 Å². The number of amides is 1. The molecule has 3 aromatic rings. The molecule has 1 amide bonds. The molecule has 9 nitrogen and oxygen atoms in total. The van der Waals surface area contributed by atoms with Crippen LogP contribution in [0, 0.1) is 5.82 Å². The number of nitrogens with zero attached hydrogens (tertiary/aromatic N) is 3. The Morgan fingerprint density at radius 3 is 2.83 bits per heavy atom. The van der Waals surface area contributed by atoms with E-state index in [4.69, 9.17) is 4.84 Å². The molecule has 152 valence electrons. The van der Waals surface area contributed by atoms with Gasteiger partial charge in [0, 0.05) is 22.6 Å². The van der Waals surface area contributed by atoms with Gasteiger partial charge in [0.2, 0.25) is 11.9 Å². The second kappa shape index (κ2) is 8.15. The lowest BCUT2D eigenvalue weighted by atomic mass is 10.2. The topological polar surface area (TPSA) is 112 Å². The quantitative estimate of drug-likeness (QED) is 0.455. The molecule has 0 aliphatic carbocycles. The lowest BCUT2D eigenvalue weighted by Crippen LogP contribution is -2.11. The van der Waals surface area contributed by atoms with Gasteiger partial charge in [0.25, 0.3) is 0 Å². The highest BCUT2D eigenvalue weighted by atomic mass is 19.1. The van der Waals surface area contributed by atoms with E-state index < -0.39 is 5.82 Å². The lowest BCUT2D eigenvalue weighted by Gasteiger charge is -2.12. The number of hydrogen-bond donors (Lipinski definition) is 4. The standard InChI is InChI=1S/C20H17FN6O3/c1-2-18(28)23-13-4-3-5-14(8-13)25-20-22-10-16(21)19(26-20)24-15-7-6-12-11-30-27(29)17(12)9-15/h2-10,29H,1,11H2,(H,23,28)(H2,22,24,25,26). The molecule has 2 aromatic carbocycles. The van der Waals surface area contributed by atoms with Gasteiger partial charge in [-0.1, -0.05) is 18.7 Å². The maximum atomic E-state index is 14.2. The van der Waals surface area contributed by atoms with Gasteiger partial charge in [-0.25, -0.2) is 14.2 Å². The van der Waals surface area contributed by atoms with Crippen LogP contribution in [0.5, 0.6) is 0 Å². The largest absolute Gasteiger partial charge is 0.338 e. The van der Waals surface area contributed by atoms with Crippen LogP contribution in [0.4, 0.5) is 38.9 Å². The normalized spacial score (nSPS) is 12.3. The first-order valence-electron chi connectivity index (χ1n) is 8.87. The van der Waals surface area contributed by atoms with Crippen LogP contribution >= 0.6 is 0 Å². The van der Waals surface area contributed by atoms with Crippen molar-refractivity contribution < 1.29 is 19.2 Å². The molecule has 0 radical (unpaired) electrons. The van der Waals surface area contributed by atoms with Crippen LogP contribution in [0.15, 0.2) is 61.3 Å². The third kappa shape index (κ3) is 4.19. The van der Waals surface area contributed by atoms with Gasteiger partial charge < -0.3 is 16.0 Å². The van der Waals surface area contributed by atoms with Crippen molar-refractivity contribution >= 4 is 40.4 Å². The summed E-state index contributed by atoms with van der Waals surface area (Å²) < 4.78 is 14.2. The molecule has 4 N–H and O–H groups in total. The molecule has 0 atom stereocenters. The average molecular weight is 408 g/mol. The van der Waals surface area contributed by atoms with Gasteiger partial charge in [-0.3, -0.25) is 10.0 Å². The Bertz CT molecular complexity index is 1120. The van der Waals surface area contributed by atoms with Crippen LogP contribution < -0.4 is 21.2 Å². The maximum Gasteiger partial charge on any atom is 0.247 e. The van der Waals surface area contributed by atoms with E-state index in [2.05, 4.69) is 32.5 Å². The molecule has 4 rings (SSSR count). The first-order chi connectivity index (χ1) is 14.5. The molecule has 0 saturated heterocycles. The Labute approximate surface area is 170 Å². The van der Waals surface area contributed by atoms with Gasteiger partial charge in [-0.2, -0.15) is 4.98 Å². The molecule has 0 saturated carbocycles. The van der Waals surface area contributed by atoms with Gasteiger partial charge in [-0.15, -0.1) is 5.23 Å². The Morgan fingerprint density at radius 1 is 1.20 bits per heavy atom. The fourth-order valence-corrected chi connectivity index (χ4v) is 2.79. The second-order valence-corrected chi connectivity index (χ2v) is 6.30. The predicted molar refractivity (Wildman–Crippen MR) is 109 cm³/mol. The molecule has 2 heterocycles. The van der Waals surface area contributed by atoms with E-state index in [1.807, 2.05) is 0 Å². The average Bonchev–Trinajstić information content (AvgIpc) is 3.11. The fraction of sp³-hybridized carbons (Fsp3) is 0.0500. The van der Waals surface area contributed by atoms with E-state index in [-0.39, 0.29) is 24.3 Å². The summed E-state index contributed by atoms with van der Waals surface area (Å²) in [7, 11) is 0. The van der Waals surface area contributed by atoms with Gasteiger partial charge in [-0.05, 0) is 36.4 Å². The van der Waals surface area contributed by atoms with Crippen molar-refractivity contribution in [2.75, 3.05) is 21.2 Å². The number of nitrogens with one attached hydrogen (secondary N) is 3. The molecule has 1 aliphatic heterocycles. The molecule has 30 heavy (non-hydrogen) atoms. The monoisotopic (exact) mass is 408 g/mol. The van der Waals surface area contributed by atoms with Crippen molar-refractivity contribution in [3.63, 3.8) is 0 Å². The zero-order valence-corrected chi connectivity index (χ0v) is 15.6. The highest BCUT2D eigenvalue weighted by molar-refractivity contribution is 5.99. The van der Waals surface area contributed by atoms with Gasteiger partial charge in [0.1, 0.15) is 12.3 Å². The summed E-state index contributed by atoms with van der Waals surface area (Å²) in [6, 6.07) is 12.0.